The molecule has 0 unspecified atom stereocenters. The van der Waals surface area contributed by atoms with Gasteiger partial charge in [0, 0.05) is 0 Å². The van der Waals surface area contributed by atoms with E-state index in [-0.39, 0.29) is 0 Å². The molecule has 0 atom stereocenters. The Labute approximate surface area is 61.2 Å². The van der Waals surface area contributed by atoms with Gasteiger partial charge in [-0.2, -0.15) is 8.78 Å². The van der Waals surface area contributed by atoms with Crippen molar-refractivity contribution in [3.05, 3.63) is 0 Å². The Morgan fingerprint density at radius 1 is 1.30 bits per heavy atom. The summed E-state index contributed by atoms with van der Waals surface area (Å²) in [6, 6.07) is 0. The van der Waals surface area contributed by atoms with Gasteiger partial charge in [0.05, 0.1) is 0 Å². The summed E-state index contributed by atoms with van der Waals surface area (Å²) in [5, 5.41) is -4.10. The predicted molar refractivity (Wildman–Crippen MR) is 31.0 cm³/mol. The molecule has 60 valence electrons. The molecule has 0 saturated carbocycles. The third kappa shape index (κ3) is 2.56. The summed E-state index contributed by atoms with van der Waals surface area (Å²) in [5.74, 6) is -1.92. The first kappa shape index (κ1) is 9.75. The van der Waals surface area contributed by atoms with Crippen LogP contribution in [0.4, 0.5) is 13.2 Å². The summed E-state index contributed by atoms with van der Waals surface area (Å²) in [6.07, 6.45) is 0. The summed E-state index contributed by atoms with van der Waals surface area (Å²) in [4.78, 5) is 10.2. The molecule has 0 saturated heterocycles. The molecule has 0 N–H and O–H groups in total. The summed E-state index contributed by atoms with van der Waals surface area (Å²) < 4.78 is 35.9. The minimum Gasteiger partial charge on any atom is -0.288 e. The lowest BCUT2D eigenvalue weighted by Crippen LogP contribution is -2.37. The molecule has 0 heterocycles. The number of hydrogen-bond acceptors (Lipinski definition) is 1. The van der Waals surface area contributed by atoms with Crippen LogP contribution in [0, 0.1) is 0 Å². The molecule has 5 heteroatoms. The van der Waals surface area contributed by atoms with E-state index in [4.69, 9.17) is 0 Å². The van der Waals surface area contributed by atoms with E-state index in [1.54, 1.807) is 0 Å². The van der Waals surface area contributed by atoms with Crippen LogP contribution >= 0.6 is 11.6 Å². The van der Waals surface area contributed by atoms with Crippen LogP contribution in [0.25, 0.3) is 0 Å². The molecule has 0 radical (unpaired) electrons. The second kappa shape index (κ2) is 2.42. The summed E-state index contributed by atoms with van der Waals surface area (Å²) >= 11 is 4.25. The van der Waals surface area contributed by atoms with Gasteiger partial charge in [0.15, 0.2) is 5.67 Å². The number of ketones is 1. The SMILES string of the molecule is CC(C)(F)C(=O)C(F)(F)Cl. The molecule has 0 aromatic heterocycles. The van der Waals surface area contributed by atoms with Gasteiger partial charge in [-0.1, -0.05) is 0 Å². The third-order valence-electron chi connectivity index (χ3n) is 0.797. The van der Waals surface area contributed by atoms with Gasteiger partial charge in [0.1, 0.15) is 0 Å². The maximum atomic E-state index is 12.4. The standard InChI is InChI=1S/C5H6ClF3O/c1-4(2,7)3(10)5(6,8)9/h1-2H3. The topological polar surface area (TPSA) is 17.1 Å². The molecule has 0 aliphatic heterocycles. The largest absolute Gasteiger partial charge is 0.383 e. The van der Waals surface area contributed by atoms with Crippen molar-refractivity contribution in [3.63, 3.8) is 0 Å². The summed E-state index contributed by atoms with van der Waals surface area (Å²) in [7, 11) is 0. The smallest absolute Gasteiger partial charge is 0.288 e. The Morgan fingerprint density at radius 3 is 1.60 bits per heavy atom. The molecule has 0 fully saturated rings. The lowest BCUT2D eigenvalue weighted by atomic mass is 10.1. The van der Waals surface area contributed by atoms with E-state index in [2.05, 4.69) is 11.6 Å². The molecular formula is C5H6ClF3O. The molecule has 0 aromatic carbocycles. The fourth-order valence-corrected chi connectivity index (χ4v) is 0.562. The Balaban J connectivity index is 4.40. The lowest BCUT2D eigenvalue weighted by molar-refractivity contribution is -0.143. The molecule has 0 aliphatic carbocycles. The van der Waals surface area contributed by atoms with Crippen molar-refractivity contribution >= 4 is 17.4 Å². The van der Waals surface area contributed by atoms with Crippen LogP contribution in [-0.2, 0) is 4.79 Å². The van der Waals surface area contributed by atoms with Gasteiger partial charge >= 0.3 is 5.38 Å². The summed E-state index contributed by atoms with van der Waals surface area (Å²) in [6.45, 7) is 1.46. The van der Waals surface area contributed by atoms with Crippen molar-refractivity contribution in [1.82, 2.24) is 0 Å². The Bertz CT molecular complexity index is 128. The van der Waals surface area contributed by atoms with Crippen LogP contribution in [-0.4, -0.2) is 16.8 Å². The highest BCUT2D eigenvalue weighted by Gasteiger charge is 2.46. The van der Waals surface area contributed by atoms with Gasteiger partial charge in [0.2, 0.25) is 0 Å². The van der Waals surface area contributed by atoms with Gasteiger partial charge in [-0.15, -0.1) is 0 Å². The zero-order chi connectivity index (χ0) is 8.58. The first-order valence-electron chi connectivity index (χ1n) is 2.46. The minimum absolute atomic E-state index is 0.728. The van der Waals surface area contributed by atoms with E-state index in [0.717, 1.165) is 13.8 Å². The third-order valence-corrected chi connectivity index (χ3v) is 0.969. The van der Waals surface area contributed by atoms with Crippen LogP contribution in [0.15, 0.2) is 0 Å². The molecule has 10 heavy (non-hydrogen) atoms. The zero-order valence-electron chi connectivity index (χ0n) is 5.42. The molecule has 0 amide bonds. The number of rotatable bonds is 2. The van der Waals surface area contributed by atoms with Crippen molar-refractivity contribution in [1.29, 1.82) is 0 Å². The molecule has 0 aromatic rings. The maximum absolute atomic E-state index is 12.4. The zero-order valence-corrected chi connectivity index (χ0v) is 6.18. The van der Waals surface area contributed by atoms with Gasteiger partial charge in [0.25, 0.3) is 5.78 Å². The fourth-order valence-electron chi connectivity index (χ4n) is 0.337. The monoisotopic (exact) mass is 174 g/mol. The highest BCUT2D eigenvalue weighted by molar-refractivity contribution is 6.33. The average molecular weight is 175 g/mol. The average Bonchev–Trinajstić information content (AvgIpc) is 1.59. The molecular weight excluding hydrogens is 169 g/mol. The van der Waals surface area contributed by atoms with Gasteiger partial charge in [-0.3, -0.25) is 4.79 Å². The van der Waals surface area contributed by atoms with Crippen molar-refractivity contribution in [2.45, 2.75) is 24.9 Å². The summed E-state index contributed by atoms with van der Waals surface area (Å²) in [5.41, 5.74) is -2.58. The Hall–Kier alpha value is -0.250. The van der Waals surface area contributed by atoms with E-state index < -0.39 is 16.8 Å². The first-order chi connectivity index (χ1) is 4.15. The quantitative estimate of drug-likeness (QED) is 0.586. The van der Waals surface area contributed by atoms with Gasteiger partial charge in [-0.25, -0.2) is 4.39 Å². The second-order valence-electron chi connectivity index (χ2n) is 2.30. The molecule has 0 bridgehead atoms. The van der Waals surface area contributed by atoms with Crippen LogP contribution in [0.2, 0.25) is 0 Å². The number of hydrogen-bond donors (Lipinski definition) is 0. The molecule has 1 nitrogen and oxygen atoms in total. The number of halogens is 4. The lowest BCUT2D eigenvalue weighted by Gasteiger charge is -2.15. The van der Waals surface area contributed by atoms with Crippen LogP contribution in [0.5, 0.6) is 0 Å². The van der Waals surface area contributed by atoms with E-state index in [0.29, 0.717) is 0 Å². The molecule has 0 aliphatic rings. The maximum Gasteiger partial charge on any atom is 0.383 e. The predicted octanol–water partition coefficient (Wildman–Crippen LogP) is 2.14. The van der Waals surface area contributed by atoms with E-state index >= 15 is 0 Å². The minimum atomic E-state index is -4.10. The van der Waals surface area contributed by atoms with E-state index in [9.17, 15) is 18.0 Å². The number of carbonyl (C=O) groups is 1. The van der Waals surface area contributed by atoms with Crippen molar-refractivity contribution in [2.75, 3.05) is 0 Å². The van der Waals surface area contributed by atoms with Gasteiger partial charge in [-0.05, 0) is 25.4 Å². The van der Waals surface area contributed by atoms with E-state index in [1.807, 2.05) is 0 Å². The van der Waals surface area contributed by atoms with Crippen LogP contribution in [0.1, 0.15) is 13.8 Å². The van der Waals surface area contributed by atoms with Gasteiger partial charge < -0.3 is 0 Å². The number of alkyl halides is 4. The second-order valence-corrected chi connectivity index (χ2v) is 2.77. The van der Waals surface area contributed by atoms with Crippen molar-refractivity contribution < 1.29 is 18.0 Å². The highest BCUT2D eigenvalue weighted by atomic mass is 35.5. The molecule has 0 spiro atoms. The fraction of sp³-hybridized carbons (Fsp3) is 0.800. The Morgan fingerprint density at radius 2 is 1.60 bits per heavy atom. The first-order valence-corrected chi connectivity index (χ1v) is 2.84. The van der Waals surface area contributed by atoms with Crippen molar-refractivity contribution in [3.8, 4) is 0 Å². The Kier molecular flexibility index (Phi) is 2.36. The highest BCUT2D eigenvalue weighted by Crippen LogP contribution is 2.27. The van der Waals surface area contributed by atoms with Crippen LogP contribution in [0.3, 0.4) is 0 Å². The van der Waals surface area contributed by atoms with E-state index in [1.165, 1.54) is 0 Å². The number of carbonyl (C=O) groups excluding carboxylic acids is 1. The normalized spacial score (nSPS) is 13.4. The molecule has 0 rings (SSSR count). The number of Topliss-reactive ketones (excluding diaryl/α,β-unsaturated/α-hetero) is 1. The van der Waals surface area contributed by atoms with Crippen molar-refractivity contribution in [2.24, 2.45) is 0 Å². The van der Waals surface area contributed by atoms with Crippen LogP contribution < -0.4 is 0 Å².